The van der Waals surface area contributed by atoms with E-state index in [4.69, 9.17) is 29.1 Å². The number of nitrogens with two attached hydrogens (primary N) is 1. The maximum Gasteiger partial charge on any atom is 0.324 e. The molecule has 0 saturated carbocycles. The maximum atomic E-state index is 12.3. The van der Waals surface area contributed by atoms with Crippen LogP contribution in [-0.4, -0.2) is 16.7 Å². The number of rotatable bonds is 5. The van der Waals surface area contributed by atoms with E-state index in [2.05, 4.69) is 9.82 Å². The van der Waals surface area contributed by atoms with Crippen LogP contribution < -0.4 is 5.90 Å². The Kier molecular flexibility index (Phi) is 5.12. The number of Topliss-reactive ketones (excluding diaryl/α,β-unsaturated/α-hetero) is 1. The van der Waals surface area contributed by atoms with Crippen LogP contribution >= 0.6 is 23.2 Å². The smallest absolute Gasteiger partial charge is 0.324 e. The quantitative estimate of drug-likeness (QED) is 0.673. The lowest BCUT2D eigenvalue weighted by molar-refractivity contribution is -0.144. The van der Waals surface area contributed by atoms with Crippen molar-refractivity contribution in [3.63, 3.8) is 0 Å². The van der Waals surface area contributed by atoms with Crippen LogP contribution in [0.15, 0.2) is 24.4 Å². The minimum Gasteiger partial charge on any atom is -0.373 e. The zero-order valence-corrected chi connectivity index (χ0v) is 12.4. The summed E-state index contributed by atoms with van der Waals surface area (Å²) in [6, 6.07) is 5.09. The molecule has 0 bridgehead atoms. The Morgan fingerprint density at radius 2 is 2.00 bits per heavy atom. The zero-order chi connectivity index (χ0) is 15.4. The van der Waals surface area contributed by atoms with Crippen LogP contribution in [-0.2, 0) is 9.63 Å². The van der Waals surface area contributed by atoms with Gasteiger partial charge in [-0.15, -0.1) is 0 Å². The lowest BCUT2D eigenvalue weighted by atomic mass is 10.0. The van der Waals surface area contributed by atoms with Gasteiger partial charge in [-0.1, -0.05) is 29.3 Å². The van der Waals surface area contributed by atoms with Crippen LogP contribution in [0.2, 0.25) is 10.0 Å². The molecular formula is C14H12Cl2N2O3. The van der Waals surface area contributed by atoms with Gasteiger partial charge in [0.25, 0.3) is 0 Å². The molecule has 1 aromatic heterocycles. The number of fused-ring (bicyclic) bond motifs is 1. The van der Waals surface area contributed by atoms with E-state index in [-0.39, 0.29) is 18.6 Å². The van der Waals surface area contributed by atoms with Crippen LogP contribution in [0.4, 0.5) is 0 Å². The lowest BCUT2D eigenvalue weighted by Gasteiger charge is -2.07. The Balaban J connectivity index is 2.26. The summed E-state index contributed by atoms with van der Waals surface area (Å²) in [6.07, 6.45) is 2.01. The molecule has 7 heteroatoms. The molecule has 2 rings (SSSR count). The van der Waals surface area contributed by atoms with Crippen molar-refractivity contribution in [1.82, 2.24) is 4.98 Å². The number of nitrogens with zero attached hydrogens (tertiary/aromatic N) is 1. The van der Waals surface area contributed by atoms with Gasteiger partial charge >= 0.3 is 5.97 Å². The summed E-state index contributed by atoms with van der Waals surface area (Å²) >= 11 is 12.0. The third kappa shape index (κ3) is 3.69. The largest absolute Gasteiger partial charge is 0.373 e. The Morgan fingerprint density at radius 1 is 1.24 bits per heavy atom. The van der Waals surface area contributed by atoms with Gasteiger partial charge in [0.15, 0.2) is 5.78 Å². The summed E-state index contributed by atoms with van der Waals surface area (Å²) in [7, 11) is 0. The maximum absolute atomic E-state index is 12.3. The second kappa shape index (κ2) is 6.85. The average molecular weight is 327 g/mol. The number of pyridine rings is 1. The number of carbonyl (C=O) groups is 2. The molecule has 0 saturated heterocycles. The van der Waals surface area contributed by atoms with E-state index in [1.54, 1.807) is 18.2 Å². The van der Waals surface area contributed by atoms with Crippen molar-refractivity contribution in [2.45, 2.75) is 19.3 Å². The van der Waals surface area contributed by atoms with Crippen LogP contribution in [0, 0.1) is 0 Å². The SMILES string of the molecule is NOC(=O)CCCC(=O)c1c(Cl)ccc2cc(Cl)cnc12. The highest BCUT2D eigenvalue weighted by atomic mass is 35.5. The number of hydrogen-bond acceptors (Lipinski definition) is 5. The summed E-state index contributed by atoms with van der Waals surface area (Å²) in [5.74, 6) is 3.99. The standard InChI is InChI=1S/C14H12Cl2N2O3/c15-9-6-8-4-5-10(16)13(14(8)18-7-9)11(19)2-1-3-12(20)21-17/h4-7H,1-3,17H2. The van der Waals surface area contributed by atoms with Gasteiger partial charge in [-0.25, -0.2) is 0 Å². The van der Waals surface area contributed by atoms with E-state index < -0.39 is 5.97 Å². The summed E-state index contributed by atoms with van der Waals surface area (Å²) in [4.78, 5) is 31.4. The molecular weight excluding hydrogens is 315 g/mol. The average Bonchev–Trinajstić information content (AvgIpc) is 2.46. The number of benzene rings is 1. The summed E-state index contributed by atoms with van der Waals surface area (Å²) < 4.78 is 0. The van der Waals surface area contributed by atoms with Crippen molar-refractivity contribution in [3.8, 4) is 0 Å². The molecule has 0 unspecified atom stereocenters. The normalized spacial score (nSPS) is 10.6. The van der Waals surface area contributed by atoms with Gasteiger partial charge in [-0.3, -0.25) is 14.6 Å². The fourth-order valence-electron chi connectivity index (χ4n) is 1.99. The Labute approximate surface area is 130 Å². The Morgan fingerprint density at radius 3 is 2.71 bits per heavy atom. The molecule has 0 spiro atoms. The number of ketones is 1. The molecule has 0 radical (unpaired) electrons. The Hall–Kier alpha value is -1.69. The first-order valence-electron chi connectivity index (χ1n) is 6.19. The third-order valence-corrected chi connectivity index (χ3v) is 3.49. The van der Waals surface area contributed by atoms with E-state index in [9.17, 15) is 9.59 Å². The van der Waals surface area contributed by atoms with Gasteiger partial charge in [-0.05, 0) is 18.6 Å². The fraction of sp³-hybridized carbons (Fsp3) is 0.214. The molecule has 21 heavy (non-hydrogen) atoms. The predicted octanol–water partition coefficient (Wildman–Crippen LogP) is 3.31. The van der Waals surface area contributed by atoms with Crippen molar-refractivity contribution < 1.29 is 14.4 Å². The van der Waals surface area contributed by atoms with Crippen molar-refractivity contribution >= 4 is 45.9 Å². The first-order valence-corrected chi connectivity index (χ1v) is 6.95. The number of aromatic nitrogens is 1. The highest BCUT2D eigenvalue weighted by Gasteiger charge is 2.16. The monoisotopic (exact) mass is 326 g/mol. The molecule has 0 amide bonds. The molecule has 110 valence electrons. The topological polar surface area (TPSA) is 82.3 Å². The lowest BCUT2D eigenvalue weighted by Crippen LogP contribution is -2.10. The van der Waals surface area contributed by atoms with Gasteiger partial charge < -0.3 is 4.84 Å². The van der Waals surface area contributed by atoms with Crippen molar-refractivity contribution in [1.29, 1.82) is 0 Å². The minimum atomic E-state index is -0.559. The van der Waals surface area contributed by atoms with Crippen molar-refractivity contribution in [2.24, 2.45) is 5.90 Å². The minimum absolute atomic E-state index is 0.0733. The molecule has 2 N–H and O–H groups in total. The molecule has 0 aliphatic rings. The predicted molar refractivity (Wildman–Crippen MR) is 80.2 cm³/mol. The second-order valence-corrected chi connectivity index (χ2v) is 5.26. The van der Waals surface area contributed by atoms with E-state index in [1.165, 1.54) is 6.20 Å². The fourth-order valence-corrected chi connectivity index (χ4v) is 2.42. The molecule has 5 nitrogen and oxygen atoms in total. The zero-order valence-electron chi connectivity index (χ0n) is 10.9. The van der Waals surface area contributed by atoms with Crippen LogP contribution in [0.3, 0.4) is 0 Å². The molecule has 0 aliphatic carbocycles. The van der Waals surface area contributed by atoms with Gasteiger partial charge in [0.05, 0.1) is 21.1 Å². The highest BCUT2D eigenvalue weighted by Crippen LogP contribution is 2.28. The van der Waals surface area contributed by atoms with E-state index in [1.807, 2.05) is 0 Å². The van der Waals surface area contributed by atoms with E-state index in [0.717, 1.165) is 5.39 Å². The summed E-state index contributed by atoms with van der Waals surface area (Å²) in [5, 5.41) is 1.54. The van der Waals surface area contributed by atoms with Gasteiger partial charge in [-0.2, -0.15) is 5.90 Å². The first-order chi connectivity index (χ1) is 10.0. The molecule has 1 heterocycles. The molecule has 0 atom stereocenters. The van der Waals surface area contributed by atoms with E-state index in [0.29, 0.717) is 27.5 Å². The highest BCUT2D eigenvalue weighted by molar-refractivity contribution is 6.36. The molecule has 0 aliphatic heterocycles. The van der Waals surface area contributed by atoms with Gasteiger partial charge in [0, 0.05) is 24.4 Å². The van der Waals surface area contributed by atoms with Crippen LogP contribution in [0.5, 0.6) is 0 Å². The molecule has 1 aromatic carbocycles. The van der Waals surface area contributed by atoms with Gasteiger partial charge in [0.1, 0.15) is 0 Å². The summed E-state index contributed by atoms with van der Waals surface area (Å²) in [5.41, 5.74) is 0.838. The van der Waals surface area contributed by atoms with Crippen molar-refractivity contribution in [3.05, 3.63) is 40.0 Å². The second-order valence-electron chi connectivity index (χ2n) is 4.41. The number of carbonyl (C=O) groups excluding carboxylic acids is 2. The molecule has 0 fully saturated rings. The third-order valence-electron chi connectivity index (χ3n) is 2.96. The van der Waals surface area contributed by atoms with Crippen LogP contribution in [0.25, 0.3) is 10.9 Å². The number of hydrogen-bond donors (Lipinski definition) is 1. The van der Waals surface area contributed by atoms with E-state index >= 15 is 0 Å². The first kappa shape index (κ1) is 15.7. The number of halogens is 2. The Bertz CT molecular complexity index is 704. The van der Waals surface area contributed by atoms with Crippen molar-refractivity contribution in [2.75, 3.05) is 0 Å². The molecule has 2 aromatic rings. The summed E-state index contributed by atoms with van der Waals surface area (Å²) in [6.45, 7) is 0. The van der Waals surface area contributed by atoms with Crippen LogP contribution in [0.1, 0.15) is 29.6 Å². The van der Waals surface area contributed by atoms with Gasteiger partial charge in [0.2, 0.25) is 0 Å².